The van der Waals surface area contributed by atoms with E-state index in [2.05, 4.69) is 5.32 Å². The van der Waals surface area contributed by atoms with Gasteiger partial charge in [-0.15, -0.1) is 0 Å². The molecule has 1 N–H and O–H groups in total. The molecule has 2 heteroatoms. The zero-order valence-electron chi connectivity index (χ0n) is 8.52. The van der Waals surface area contributed by atoms with Crippen molar-refractivity contribution in [3.05, 3.63) is 29.6 Å². The van der Waals surface area contributed by atoms with Gasteiger partial charge < -0.3 is 5.32 Å². The molecule has 0 amide bonds. The van der Waals surface area contributed by atoms with Crippen LogP contribution in [0.5, 0.6) is 0 Å². The fourth-order valence-electron chi connectivity index (χ4n) is 1.71. The minimum absolute atomic E-state index is 0.0863. The summed E-state index contributed by atoms with van der Waals surface area (Å²) in [6.45, 7) is 1.97. The largest absolute Gasteiger partial charge is 0.382 e. The summed E-state index contributed by atoms with van der Waals surface area (Å²) in [5.41, 5.74) is 1.72. The van der Waals surface area contributed by atoms with E-state index in [1.165, 1.54) is 19.3 Å². The van der Waals surface area contributed by atoms with Crippen molar-refractivity contribution in [3.8, 4) is 0 Å². The third kappa shape index (κ3) is 1.89. The van der Waals surface area contributed by atoms with E-state index in [-0.39, 0.29) is 5.82 Å². The van der Waals surface area contributed by atoms with E-state index in [0.29, 0.717) is 6.04 Å². The van der Waals surface area contributed by atoms with Crippen molar-refractivity contribution in [1.29, 1.82) is 0 Å². The zero-order chi connectivity index (χ0) is 9.97. The van der Waals surface area contributed by atoms with Gasteiger partial charge in [0.05, 0.1) is 0 Å². The van der Waals surface area contributed by atoms with Crippen molar-refractivity contribution in [2.75, 3.05) is 5.32 Å². The first-order valence-electron chi connectivity index (χ1n) is 5.34. The van der Waals surface area contributed by atoms with Crippen LogP contribution >= 0.6 is 0 Å². The van der Waals surface area contributed by atoms with E-state index in [1.54, 1.807) is 6.07 Å². The van der Waals surface area contributed by atoms with Gasteiger partial charge >= 0.3 is 0 Å². The van der Waals surface area contributed by atoms with E-state index in [4.69, 9.17) is 0 Å². The van der Waals surface area contributed by atoms with Gasteiger partial charge in [0.2, 0.25) is 0 Å². The SMILES string of the molecule is CCc1ccc(NC2CCC2)cc1F. The summed E-state index contributed by atoms with van der Waals surface area (Å²) in [6, 6.07) is 6.02. The number of aryl methyl sites for hydroxylation is 1. The molecule has 0 unspecified atom stereocenters. The third-order valence-corrected chi connectivity index (χ3v) is 2.91. The molecule has 1 nitrogen and oxygen atoms in total. The Morgan fingerprint density at radius 2 is 2.21 bits per heavy atom. The normalized spacial score (nSPS) is 16.4. The van der Waals surface area contributed by atoms with Crippen LogP contribution < -0.4 is 5.32 Å². The number of halogens is 1. The van der Waals surface area contributed by atoms with Crippen molar-refractivity contribution in [2.45, 2.75) is 38.6 Å². The Morgan fingerprint density at radius 1 is 1.43 bits per heavy atom. The molecule has 0 atom stereocenters. The van der Waals surface area contributed by atoms with Crippen LogP contribution in [-0.2, 0) is 6.42 Å². The van der Waals surface area contributed by atoms with Gasteiger partial charge in [-0.2, -0.15) is 0 Å². The highest BCUT2D eigenvalue weighted by Gasteiger charge is 2.16. The van der Waals surface area contributed by atoms with Crippen LogP contribution in [-0.4, -0.2) is 6.04 Å². The molecular weight excluding hydrogens is 177 g/mol. The Balaban J connectivity index is 2.07. The molecule has 0 aliphatic heterocycles. The minimum Gasteiger partial charge on any atom is -0.382 e. The van der Waals surface area contributed by atoms with Crippen LogP contribution in [0.4, 0.5) is 10.1 Å². The maximum atomic E-state index is 13.4. The quantitative estimate of drug-likeness (QED) is 0.776. The van der Waals surface area contributed by atoms with E-state index in [1.807, 2.05) is 19.1 Å². The second kappa shape index (κ2) is 3.99. The molecule has 1 saturated carbocycles. The average Bonchev–Trinajstić information content (AvgIpc) is 2.12. The first-order chi connectivity index (χ1) is 6.79. The van der Waals surface area contributed by atoms with Crippen LogP contribution in [0, 0.1) is 5.82 Å². The van der Waals surface area contributed by atoms with E-state index in [0.717, 1.165) is 17.7 Å². The summed E-state index contributed by atoms with van der Waals surface area (Å²) >= 11 is 0. The third-order valence-electron chi connectivity index (χ3n) is 2.91. The summed E-state index contributed by atoms with van der Waals surface area (Å²) in [5, 5.41) is 3.33. The topological polar surface area (TPSA) is 12.0 Å². The summed E-state index contributed by atoms with van der Waals surface area (Å²) in [6.07, 6.45) is 4.50. The van der Waals surface area contributed by atoms with Crippen LogP contribution in [0.3, 0.4) is 0 Å². The first kappa shape index (κ1) is 9.50. The van der Waals surface area contributed by atoms with E-state index >= 15 is 0 Å². The predicted octanol–water partition coefficient (Wildman–Crippen LogP) is 3.35. The Bertz CT molecular complexity index is 318. The Labute approximate surface area is 84.3 Å². The fraction of sp³-hybridized carbons (Fsp3) is 0.500. The average molecular weight is 193 g/mol. The smallest absolute Gasteiger partial charge is 0.128 e. The van der Waals surface area contributed by atoms with E-state index < -0.39 is 0 Å². The van der Waals surface area contributed by atoms with Crippen molar-refractivity contribution < 1.29 is 4.39 Å². The molecule has 0 radical (unpaired) electrons. The molecular formula is C12H16FN. The number of benzene rings is 1. The second-order valence-corrected chi connectivity index (χ2v) is 3.93. The molecule has 14 heavy (non-hydrogen) atoms. The molecule has 1 fully saturated rings. The fourth-order valence-corrected chi connectivity index (χ4v) is 1.71. The maximum absolute atomic E-state index is 13.4. The van der Waals surface area contributed by atoms with Gasteiger partial charge in [0.1, 0.15) is 5.82 Å². The van der Waals surface area contributed by atoms with Gasteiger partial charge in [0.25, 0.3) is 0 Å². The van der Waals surface area contributed by atoms with Crippen molar-refractivity contribution in [3.63, 3.8) is 0 Å². The molecule has 0 aromatic heterocycles. The van der Waals surface area contributed by atoms with Crippen LogP contribution in [0.1, 0.15) is 31.7 Å². The predicted molar refractivity (Wildman–Crippen MR) is 57.0 cm³/mol. The summed E-state index contributed by atoms with van der Waals surface area (Å²) in [5.74, 6) is -0.0863. The van der Waals surface area contributed by atoms with E-state index in [9.17, 15) is 4.39 Å². The molecule has 0 saturated heterocycles. The highest BCUT2D eigenvalue weighted by molar-refractivity contribution is 5.46. The summed E-state index contributed by atoms with van der Waals surface area (Å²) < 4.78 is 13.4. The molecule has 76 valence electrons. The van der Waals surface area contributed by atoms with Crippen LogP contribution in [0.2, 0.25) is 0 Å². The minimum atomic E-state index is -0.0863. The highest BCUT2D eigenvalue weighted by Crippen LogP contribution is 2.24. The zero-order valence-corrected chi connectivity index (χ0v) is 8.52. The van der Waals surface area contributed by atoms with Gasteiger partial charge in [-0.3, -0.25) is 0 Å². The molecule has 1 aromatic carbocycles. The standard InChI is InChI=1S/C12H16FN/c1-2-9-6-7-11(8-12(9)13)14-10-4-3-5-10/h6-8,10,14H,2-5H2,1H3. The van der Waals surface area contributed by atoms with Crippen LogP contribution in [0.25, 0.3) is 0 Å². The molecule has 1 aliphatic carbocycles. The van der Waals surface area contributed by atoms with Gasteiger partial charge in [0, 0.05) is 11.7 Å². The molecule has 1 aromatic rings. The first-order valence-corrected chi connectivity index (χ1v) is 5.34. The lowest BCUT2D eigenvalue weighted by Gasteiger charge is -2.27. The molecule has 2 rings (SSSR count). The number of hydrogen-bond acceptors (Lipinski definition) is 1. The van der Waals surface area contributed by atoms with Gasteiger partial charge in [-0.25, -0.2) is 4.39 Å². The van der Waals surface area contributed by atoms with Gasteiger partial charge in [-0.05, 0) is 43.4 Å². The number of anilines is 1. The lowest BCUT2D eigenvalue weighted by molar-refractivity contribution is 0.445. The van der Waals surface area contributed by atoms with Crippen LogP contribution in [0.15, 0.2) is 18.2 Å². The second-order valence-electron chi connectivity index (χ2n) is 3.93. The molecule has 0 bridgehead atoms. The Hall–Kier alpha value is -1.05. The molecule has 1 aliphatic rings. The Kier molecular flexibility index (Phi) is 2.71. The number of hydrogen-bond donors (Lipinski definition) is 1. The summed E-state index contributed by atoms with van der Waals surface area (Å²) in [4.78, 5) is 0. The molecule has 0 heterocycles. The lowest BCUT2D eigenvalue weighted by atomic mass is 9.93. The highest BCUT2D eigenvalue weighted by atomic mass is 19.1. The van der Waals surface area contributed by atoms with Gasteiger partial charge in [0.15, 0.2) is 0 Å². The monoisotopic (exact) mass is 193 g/mol. The molecule has 0 spiro atoms. The Morgan fingerprint density at radius 3 is 2.71 bits per heavy atom. The van der Waals surface area contributed by atoms with Crippen molar-refractivity contribution in [1.82, 2.24) is 0 Å². The number of rotatable bonds is 3. The van der Waals surface area contributed by atoms with Crippen molar-refractivity contribution in [2.24, 2.45) is 0 Å². The van der Waals surface area contributed by atoms with Gasteiger partial charge in [-0.1, -0.05) is 13.0 Å². The number of nitrogens with one attached hydrogen (secondary N) is 1. The maximum Gasteiger partial charge on any atom is 0.128 e. The van der Waals surface area contributed by atoms with Crippen molar-refractivity contribution >= 4 is 5.69 Å². The summed E-state index contributed by atoms with van der Waals surface area (Å²) in [7, 11) is 0. The lowest BCUT2D eigenvalue weighted by Crippen LogP contribution is -2.26.